The number of nitrogens with two attached hydrogens (primary N) is 1. The highest BCUT2D eigenvalue weighted by atomic mass is 32.2. The van der Waals surface area contributed by atoms with Gasteiger partial charge in [0.25, 0.3) is 0 Å². The second-order valence-corrected chi connectivity index (χ2v) is 5.79. The summed E-state index contributed by atoms with van der Waals surface area (Å²) in [5.74, 6) is 1.70. The third kappa shape index (κ3) is 5.84. The molecule has 0 saturated heterocycles. The van der Waals surface area contributed by atoms with E-state index in [9.17, 15) is 4.79 Å². The second kappa shape index (κ2) is 8.87. The molecule has 0 fully saturated rings. The van der Waals surface area contributed by atoms with E-state index in [1.807, 2.05) is 37.4 Å². The minimum atomic E-state index is -0.410. The van der Waals surface area contributed by atoms with Crippen molar-refractivity contribution >= 4 is 17.7 Å². The number of amides is 1. The Labute approximate surface area is 125 Å². The van der Waals surface area contributed by atoms with E-state index in [-0.39, 0.29) is 5.91 Å². The summed E-state index contributed by atoms with van der Waals surface area (Å²) in [7, 11) is 1.76. The normalized spacial score (nSPS) is 12.0. The SMILES string of the molecule is CSCC[C@H](N)C(=O)N(C)CCOc1ccc(C)cc1. The summed E-state index contributed by atoms with van der Waals surface area (Å²) in [5.41, 5.74) is 7.06. The minimum absolute atomic E-state index is 0.0217. The zero-order valence-corrected chi connectivity index (χ0v) is 13.3. The van der Waals surface area contributed by atoms with Gasteiger partial charge in [-0.15, -0.1) is 0 Å². The van der Waals surface area contributed by atoms with Crippen LogP contribution in [0.1, 0.15) is 12.0 Å². The number of ether oxygens (including phenoxy) is 1. The number of carbonyl (C=O) groups is 1. The molecular weight excluding hydrogens is 272 g/mol. The van der Waals surface area contributed by atoms with E-state index in [1.165, 1.54) is 5.56 Å². The third-order valence-electron chi connectivity index (χ3n) is 3.04. The fourth-order valence-electron chi connectivity index (χ4n) is 1.70. The van der Waals surface area contributed by atoms with E-state index >= 15 is 0 Å². The molecule has 0 radical (unpaired) electrons. The van der Waals surface area contributed by atoms with Crippen LogP contribution in [0.25, 0.3) is 0 Å². The lowest BCUT2D eigenvalue weighted by atomic mass is 10.2. The molecule has 0 bridgehead atoms. The second-order valence-electron chi connectivity index (χ2n) is 4.81. The molecule has 0 saturated carbocycles. The fourth-order valence-corrected chi connectivity index (χ4v) is 2.19. The average Bonchev–Trinajstić information content (AvgIpc) is 2.45. The first-order valence-electron chi connectivity index (χ1n) is 6.73. The lowest BCUT2D eigenvalue weighted by molar-refractivity contribution is -0.131. The Kier molecular flexibility index (Phi) is 7.47. The van der Waals surface area contributed by atoms with E-state index in [4.69, 9.17) is 10.5 Å². The van der Waals surface area contributed by atoms with Crippen molar-refractivity contribution in [3.05, 3.63) is 29.8 Å². The van der Waals surface area contributed by atoms with Crippen molar-refractivity contribution in [1.29, 1.82) is 0 Å². The fraction of sp³-hybridized carbons (Fsp3) is 0.533. The Morgan fingerprint density at radius 3 is 2.65 bits per heavy atom. The first-order valence-corrected chi connectivity index (χ1v) is 8.13. The van der Waals surface area contributed by atoms with Gasteiger partial charge in [-0.25, -0.2) is 0 Å². The molecule has 20 heavy (non-hydrogen) atoms. The van der Waals surface area contributed by atoms with Crippen LogP contribution >= 0.6 is 11.8 Å². The van der Waals surface area contributed by atoms with Crippen LogP contribution in [-0.2, 0) is 4.79 Å². The molecule has 0 aliphatic heterocycles. The number of nitrogens with zero attached hydrogens (tertiary/aromatic N) is 1. The first-order chi connectivity index (χ1) is 9.54. The molecule has 2 N–H and O–H groups in total. The Balaban J connectivity index is 2.30. The monoisotopic (exact) mass is 296 g/mol. The summed E-state index contributed by atoms with van der Waals surface area (Å²) in [6.07, 6.45) is 2.72. The van der Waals surface area contributed by atoms with Gasteiger partial charge in [0, 0.05) is 7.05 Å². The zero-order chi connectivity index (χ0) is 15.0. The predicted molar refractivity (Wildman–Crippen MR) is 85.3 cm³/mol. The van der Waals surface area contributed by atoms with E-state index in [0.717, 1.165) is 11.5 Å². The molecule has 1 amide bonds. The smallest absolute Gasteiger partial charge is 0.239 e. The number of hydrogen-bond donors (Lipinski definition) is 1. The molecule has 5 heteroatoms. The molecule has 0 heterocycles. The molecule has 0 aliphatic rings. The van der Waals surface area contributed by atoms with Gasteiger partial charge >= 0.3 is 0 Å². The molecule has 112 valence electrons. The summed E-state index contributed by atoms with van der Waals surface area (Å²) in [6.45, 7) is 3.05. The molecule has 1 atom stereocenters. The van der Waals surface area contributed by atoms with Crippen LogP contribution in [0.3, 0.4) is 0 Å². The molecule has 1 aromatic rings. The minimum Gasteiger partial charge on any atom is -0.492 e. The standard InChI is InChI=1S/C15H24N2O2S/c1-12-4-6-13(7-5-12)19-10-9-17(2)15(18)14(16)8-11-20-3/h4-7,14H,8-11,16H2,1-3H3/t14-/m0/s1. The van der Waals surface area contributed by atoms with Crippen LogP contribution in [0.5, 0.6) is 5.75 Å². The van der Waals surface area contributed by atoms with Crippen molar-refractivity contribution < 1.29 is 9.53 Å². The molecule has 4 nitrogen and oxygen atoms in total. The van der Waals surface area contributed by atoms with E-state index in [1.54, 1.807) is 23.7 Å². The van der Waals surface area contributed by atoms with Crippen LogP contribution in [0.15, 0.2) is 24.3 Å². The van der Waals surface area contributed by atoms with Crippen LogP contribution in [0.4, 0.5) is 0 Å². The number of likely N-dealkylation sites (N-methyl/N-ethyl adjacent to an activating group) is 1. The maximum absolute atomic E-state index is 12.0. The van der Waals surface area contributed by atoms with Gasteiger partial charge in [0.2, 0.25) is 5.91 Å². The summed E-state index contributed by atoms with van der Waals surface area (Å²) >= 11 is 1.70. The van der Waals surface area contributed by atoms with Gasteiger partial charge in [-0.3, -0.25) is 4.79 Å². The molecule has 0 spiro atoms. The van der Waals surface area contributed by atoms with Gasteiger partial charge in [-0.05, 0) is 37.5 Å². The lowest BCUT2D eigenvalue weighted by Crippen LogP contribution is -2.43. The van der Waals surface area contributed by atoms with Gasteiger partial charge in [-0.1, -0.05) is 17.7 Å². The van der Waals surface area contributed by atoms with Crippen LogP contribution in [-0.4, -0.2) is 49.1 Å². The number of thioether (sulfide) groups is 1. The predicted octanol–water partition coefficient (Wildman–Crippen LogP) is 1.91. The average molecular weight is 296 g/mol. The Bertz CT molecular complexity index is 409. The van der Waals surface area contributed by atoms with Crippen molar-refractivity contribution in [1.82, 2.24) is 4.90 Å². The summed E-state index contributed by atoms with van der Waals surface area (Å²) in [4.78, 5) is 13.6. The van der Waals surface area contributed by atoms with Crippen LogP contribution in [0, 0.1) is 6.92 Å². The van der Waals surface area contributed by atoms with Crippen molar-refractivity contribution in [2.75, 3.05) is 32.2 Å². The van der Waals surface area contributed by atoms with E-state index < -0.39 is 6.04 Å². The molecule has 0 aromatic heterocycles. The summed E-state index contributed by atoms with van der Waals surface area (Å²) < 4.78 is 5.60. The number of hydrogen-bond acceptors (Lipinski definition) is 4. The Morgan fingerprint density at radius 1 is 1.40 bits per heavy atom. The van der Waals surface area contributed by atoms with Crippen molar-refractivity contribution in [2.24, 2.45) is 5.73 Å². The van der Waals surface area contributed by atoms with Crippen molar-refractivity contribution in [3.8, 4) is 5.75 Å². The van der Waals surface area contributed by atoms with Crippen molar-refractivity contribution in [2.45, 2.75) is 19.4 Å². The molecule has 1 rings (SSSR count). The number of carbonyl (C=O) groups excluding carboxylic acids is 1. The van der Waals surface area contributed by atoms with E-state index in [2.05, 4.69) is 0 Å². The first kappa shape index (κ1) is 16.9. The number of benzene rings is 1. The highest BCUT2D eigenvalue weighted by Crippen LogP contribution is 2.11. The van der Waals surface area contributed by atoms with Crippen LogP contribution < -0.4 is 10.5 Å². The lowest BCUT2D eigenvalue weighted by Gasteiger charge is -2.21. The van der Waals surface area contributed by atoms with Gasteiger partial charge in [0.1, 0.15) is 12.4 Å². The Hall–Kier alpha value is -1.20. The van der Waals surface area contributed by atoms with Gasteiger partial charge in [0.05, 0.1) is 12.6 Å². The molecule has 0 unspecified atom stereocenters. The molecular formula is C15H24N2O2S. The van der Waals surface area contributed by atoms with Crippen LogP contribution in [0.2, 0.25) is 0 Å². The summed E-state index contributed by atoms with van der Waals surface area (Å²) in [5, 5.41) is 0. The molecule has 0 aliphatic carbocycles. The zero-order valence-electron chi connectivity index (χ0n) is 12.5. The highest BCUT2D eigenvalue weighted by Gasteiger charge is 2.17. The largest absolute Gasteiger partial charge is 0.492 e. The van der Waals surface area contributed by atoms with Gasteiger partial charge < -0.3 is 15.4 Å². The number of rotatable bonds is 8. The topological polar surface area (TPSA) is 55.6 Å². The van der Waals surface area contributed by atoms with Crippen molar-refractivity contribution in [3.63, 3.8) is 0 Å². The Morgan fingerprint density at radius 2 is 2.05 bits per heavy atom. The summed E-state index contributed by atoms with van der Waals surface area (Å²) in [6, 6.07) is 7.46. The van der Waals surface area contributed by atoms with Gasteiger partial charge in [0.15, 0.2) is 0 Å². The quantitative estimate of drug-likeness (QED) is 0.796. The molecule has 1 aromatic carbocycles. The third-order valence-corrected chi connectivity index (χ3v) is 3.69. The maximum atomic E-state index is 12.0. The van der Waals surface area contributed by atoms with Gasteiger partial charge in [-0.2, -0.15) is 11.8 Å². The maximum Gasteiger partial charge on any atom is 0.239 e. The number of aryl methyl sites for hydroxylation is 1. The highest BCUT2D eigenvalue weighted by molar-refractivity contribution is 7.98. The van der Waals surface area contributed by atoms with E-state index in [0.29, 0.717) is 19.6 Å².